The van der Waals surface area contributed by atoms with E-state index in [1.54, 1.807) is 11.3 Å². The van der Waals surface area contributed by atoms with Crippen LogP contribution in [0.2, 0.25) is 0 Å². The molecule has 2 unspecified atom stereocenters. The molecule has 5 heteroatoms. The molecule has 136 valence electrons. The summed E-state index contributed by atoms with van der Waals surface area (Å²) in [6, 6.07) is 27.2. The first kappa shape index (κ1) is 18.3. The first-order valence-electron chi connectivity index (χ1n) is 8.58. The summed E-state index contributed by atoms with van der Waals surface area (Å²) in [6.07, 6.45) is 0. The third-order valence-corrected chi connectivity index (χ3v) is 8.43. The zero-order valence-electron chi connectivity index (χ0n) is 14.5. The topological polar surface area (TPSA) is 34.1 Å². The van der Waals surface area contributed by atoms with Crippen molar-refractivity contribution in [1.29, 1.82) is 0 Å². The zero-order chi connectivity index (χ0) is 18.6. The SMILES string of the molecule is O=S(Cc1sc2ccccc2c1CS(=O)c1ccccc1)c1ccccc1. The molecule has 0 radical (unpaired) electrons. The molecule has 0 fully saturated rings. The number of hydrogen-bond acceptors (Lipinski definition) is 3. The van der Waals surface area contributed by atoms with Gasteiger partial charge in [-0.3, -0.25) is 8.42 Å². The van der Waals surface area contributed by atoms with E-state index in [-0.39, 0.29) is 0 Å². The molecule has 4 rings (SSSR count). The van der Waals surface area contributed by atoms with Gasteiger partial charge >= 0.3 is 0 Å². The molecular weight excluding hydrogens is 392 g/mol. The molecule has 2 atom stereocenters. The van der Waals surface area contributed by atoms with Crippen molar-refractivity contribution in [3.63, 3.8) is 0 Å². The van der Waals surface area contributed by atoms with Crippen molar-refractivity contribution in [2.24, 2.45) is 0 Å². The monoisotopic (exact) mass is 410 g/mol. The standard InChI is InChI=1S/C22H18O2S3/c23-26(17-9-3-1-4-10-17)15-20-19-13-7-8-14-21(19)25-22(20)16-27(24)18-11-5-2-6-12-18/h1-14H,15-16H2. The third kappa shape index (κ3) is 4.10. The first-order valence-corrected chi connectivity index (χ1v) is 12.0. The summed E-state index contributed by atoms with van der Waals surface area (Å²) in [5.41, 5.74) is 1.06. The lowest BCUT2D eigenvalue weighted by atomic mass is 10.1. The molecule has 3 aromatic carbocycles. The minimum atomic E-state index is -1.13. The number of thiophene rings is 1. The summed E-state index contributed by atoms with van der Waals surface area (Å²) in [5, 5.41) is 1.12. The molecule has 0 aliphatic carbocycles. The van der Waals surface area contributed by atoms with Crippen LogP contribution in [0.15, 0.2) is 94.7 Å². The van der Waals surface area contributed by atoms with Crippen LogP contribution in [0, 0.1) is 0 Å². The minimum absolute atomic E-state index is 0.440. The number of fused-ring (bicyclic) bond motifs is 1. The minimum Gasteiger partial charge on any atom is -0.254 e. The summed E-state index contributed by atoms with van der Waals surface area (Å²) in [4.78, 5) is 2.70. The van der Waals surface area contributed by atoms with Crippen LogP contribution in [0.1, 0.15) is 10.4 Å². The second-order valence-electron chi connectivity index (χ2n) is 6.11. The quantitative estimate of drug-likeness (QED) is 0.420. The smallest absolute Gasteiger partial charge is 0.0630 e. The fraction of sp³-hybridized carbons (Fsp3) is 0.0909. The highest BCUT2D eigenvalue weighted by molar-refractivity contribution is 7.84. The summed E-state index contributed by atoms with van der Waals surface area (Å²) in [7, 11) is -2.25. The van der Waals surface area contributed by atoms with Gasteiger partial charge in [0, 0.05) is 19.4 Å². The molecule has 0 saturated carbocycles. The van der Waals surface area contributed by atoms with Crippen LogP contribution in [-0.4, -0.2) is 8.42 Å². The van der Waals surface area contributed by atoms with E-state index in [4.69, 9.17) is 0 Å². The maximum absolute atomic E-state index is 12.9. The highest BCUT2D eigenvalue weighted by atomic mass is 32.2. The molecule has 1 heterocycles. The Morgan fingerprint density at radius 1 is 0.630 bits per heavy atom. The van der Waals surface area contributed by atoms with Crippen LogP contribution in [0.25, 0.3) is 10.1 Å². The lowest BCUT2D eigenvalue weighted by Gasteiger charge is -2.06. The normalized spacial score (nSPS) is 13.5. The lowest BCUT2D eigenvalue weighted by molar-refractivity contribution is 0.680. The fourth-order valence-corrected chi connectivity index (χ4v) is 6.91. The molecule has 2 nitrogen and oxygen atoms in total. The molecule has 0 aliphatic heterocycles. The number of hydrogen-bond donors (Lipinski definition) is 0. The van der Waals surface area contributed by atoms with Crippen LogP contribution in [0.3, 0.4) is 0 Å². The molecule has 0 aliphatic rings. The Morgan fingerprint density at radius 3 is 1.78 bits per heavy atom. The molecule has 1 aromatic heterocycles. The van der Waals surface area contributed by atoms with Gasteiger partial charge in [-0.05, 0) is 41.3 Å². The van der Waals surface area contributed by atoms with Gasteiger partial charge in [0.25, 0.3) is 0 Å². The largest absolute Gasteiger partial charge is 0.254 e. The van der Waals surface area contributed by atoms with Crippen molar-refractivity contribution >= 4 is 43.0 Å². The van der Waals surface area contributed by atoms with Gasteiger partial charge in [-0.15, -0.1) is 11.3 Å². The van der Waals surface area contributed by atoms with Gasteiger partial charge in [-0.1, -0.05) is 54.6 Å². The molecule has 4 aromatic rings. The van der Waals surface area contributed by atoms with Crippen LogP contribution in [0.5, 0.6) is 0 Å². The lowest BCUT2D eigenvalue weighted by Crippen LogP contribution is -2.01. The van der Waals surface area contributed by atoms with Crippen molar-refractivity contribution < 1.29 is 8.42 Å². The van der Waals surface area contributed by atoms with Crippen molar-refractivity contribution in [3.8, 4) is 0 Å². The number of rotatable bonds is 6. The molecule has 27 heavy (non-hydrogen) atoms. The van der Waals surface area contributed by atoms with E-state index in [9.17, 15) is 8.42 Å². The fourth-order valence-electron chi connectivity index (χ4n) is 2.99. The Labute approximate surface area is 167 Å². The molecular formula is C22H18O2S3. The van der Waals surface area contributed by atoms with E-state index in [1.807, 2.05) is 72.8 Å². The average Bonchev–Trinajstić information content (AvgIpc) is 3.06. The van der Waals surface area contributed by atoms with Gasteiger partial charge in [0.2, 0.25) is 0 Å². The predicted molar refractivity (Wildman–Crippen MR) is 115 cm³/mol. The van der Waals surface area contributed by atoms with E-state index in [0.717, 1.165) is 30.3 Å². The van der Waals surface area contributed by atoms with Crippen LogP contribution in [-0.2, 0) is 33.1 Å². The van der Waals surface area contributed by atoms with Crippen molar-refractivity contribution in [2.75, 3.05) is 0 Å². The third-order valence-electron chi connectivity index (χ3n) is 4.33. The summed E-state index contributed by atoms with van der Waals surface area (Å²) in [6.45, 7) is 0. The van der Waals surface area contributed by atoms with Crippen LogP contribution in [0.4, 0.5) is 0 Å². The van der Waals surface area contributed by atoms with Gasteiger partial charge in [0.05, 0.1) is 33.1 Å². The summed E-state index contributed by atoms with van der Waals surface area (Å²) in [5.74, 6) is 0.889. The maximum atomic E-state index is 12.9. The Balaban J connectivity index is 1.69. The van der Waals surface area contributed by atoms with Crippen LogP contribution >= 0.6 is 11.3 Å². The first-order chi connectivity index (χ1) is 13.2. The molecule has 0 saturated heterocycles. The van der Waals surface area contributed by atoms with E-state index >= 15 is 0 Å². The van der Waals surface area contributed by atoms with Crippen molar-refractivity contribution in [1.82, 2.24) is 0 Å². The second-order valence-corrected chi connectivity index (χ2v) is 10.1. The van der Waals surface area contributed by atoms with Crippen LogP contribution < -0.4 is 0 Å². The van der Waals surface area contributed by atoms with E-state index in [1.165, 1.54) is 0 Å². The second kappa shape index (κ2) is 8.30. The highest BCUT2D eigenvalue weighted by Crippen LogP contribution is 2.34. The Morgan fingerprint density at radius 2 is 1.15 bits per heavy atom. The highest BCUT2D eigenvalue weighted by Gasteiger charge is 2.18. The molecule has 0 bridgehead atoms. The zero-order valence-corrected chi connectivity index (χ0v) is 17.0. The summed E-state index contributed by atoms with van der Waals surface area (Å²) >= 11 is 1.66. The maximum Gasteiger partial charge on any atom is 0.0630 e. The molecule has 0 N–H and O–H groups in total. The molecule has 0 spiro atoms. The Kier molecular flexibility index (Phi) is 5.62. The van der Waals surface area contributed by atoms with Crippen molar-refractivity contribution in [3.05, 3.63) is 95.4 Å². The predicted octanol–water partition coefficient (Wildman–Crippen LogP) is 5.52. The van der Waals surface area contributed by atoms with Gasteiger partial charge in [0.1, 0.15) is 0 Å². The van der Waals surface area contributed by atoms with E-state index in [2.05, 4.69) is 12.1 Å². The average molecular weight is 411 g/mol. The number of benzene rings is 3. The Bertz CT molecular complexity index is 1100. The van der Waals surface area contributed by atoms with Gasteiger partial charge in [-0.25, -0.2) is 0 Å². The van der Waals surface area contributed by atoms with Gasteiger partial charge < -0.3 is 0 Å². The van der Waals surface area contributed by atoms with E-state index < -0.39 is 21.6 Å². The van der Waals surface area contributed by atoms with Gasteiger partial charge in [-0.2, -0.15) is 0 Å². The van der Waals surface area contributed by atoms with Gasteiger partial charge in [0.15, 0.2) is 0 Å². The summed E-state index contributed by atoms with van der Waals surface area (Å²) < 4.78 is 26.9. The Hall–Kier alpha value is -2.08. The van der Waals surface area contributed by atoms with Crippen molar-refractivity contribution in [2.45, 2.75) is 21.3 Å². The van der Waals surface area contributed by atoms with E-state index in [0.29, 0.717) is 11.5 Å². The molecule has 0 amide bonds.